The van der Waals surface area contributed by atoms with Crippen molar-refractivity contribution in [2.24, 2.45) is 11.8 Å². The van der Waals surface area contributed by atoms with Gasteiger partial charge in [0, 0.05) is 25.4 Å². The van der Waals surface area contributed by atoms with Crippen LogP contribution in [0.4, 0.5) is 0 Å². The molecule has 1 aliphatic rings. The van der Waals surface area contributed by atoms with E-state index in [1.807, 2.05) is 39.0 Å². The topological polar surface area (TPSA) is 87.7 Å². The van der Waals surface area contributed by atoms with Gasteiger partial charge >= 0.3 is 0 Å². The zero-order valence-corrected chi connectivity index (χ0v) is 15.2. The number of benzene rings is 1. The number of carbonyl (C=O) groups is 2. The Hall–Kier alpha value is -2.08. The third-order valence-corrected chi connectivity index (χ3v) is 4.46. The second-order valence-electron chi connectivity index (χ2n) is 6.85. The van der Waals surface area contributed by atoms with Crippen LogP contribution in [0.1, 0.15) is 30.9 Å². The van der Waals surface area contributed by atoms with Crippen molar-refractivity contribution in [3.05, 3.63) is 29.3 Å². The van der Waals surface area contributed by atoms with Gasteiger partial charge in [0.15, 0.2) is 0 Å². The highest BCUT2D eigenvalue weighted by Crippen LogP contribution is 2.37. The fraction of sp³-hybridized carbons (Fsp3) is 0.579. The Balaban J connectivity index is 1.60. The largest absolute Gasteiger partial charge is 0.490 e. The number of ether oxygens (including phenoxy) is 1. The average Bonchev–Trinajstić information content (AvgIpc) is 3.29. The Kier molecular flexibility index (Phi) is 6.82. The van der Waals surface area contributed by atoms with Gasteiger partial charge in [-0.3, -0.25) is 9.59 Å². The van der Waals surface area contributed by atoms with Crippen molar-refractivity contribution >= 4 is 11.8 Å². The van der Waals surface area contributed by atoms with Gasteiger partial charge in [0.25, 0.3) is 0 Å². The van der Waals surface area contributed by atoms with E-state index in [0.717, 1.165) is 23.3 Å². The highest BCUT2D eigenvalue weighted by Gasteiger charge is 2.38. The predicted octanol–water partition coefficient (Wildman–Crippen LogP) is 1.32. The summed E-state index contributed by atoms with van der Waals surface area (Å²) >= 11 is 0. The van der Waals surface area contributed by atoms with Crippen molar-refractivity contribution in [2.45, 2.75) is 39.7 Å². The van der Waals surface area contributed by atoms with Crippen LogP contribution >= 0.6 is 0 Å². The minimum Gasteiger partial charge on any atom is -0.490 e. The van der Waals surface area contributed by atoms with Gasteiger partial charge in [-0.05, 0) is 37.3 Å². The second-order valence-corrected chi connectivity index (χ2v) is 6.85. The molecule has 0 aliphatic heterocycles. The predicted molar refractivity (Wildman–Crippen MR) is 95.3 cm³/mol. The molecule has 6 heteroatoms. The van der Waals surface area contributed by atoms with Gasteiger partial charge in [-0.15, -0.1) is 0 Å². The Morgan fingerprint density at radius 2 is 1.92 bits per heavy atom. The van der Waals surface area contributed by atoms with Gasteiger partial charge in [0.05, 0.1) is 0 Å². The number of carbonyl (C=O) groups excluding carboxylic acids is 2. The number of aliphatic hydroxyl groups excluding tert-OH is 1. The van der Waals surface area contributed by atoms with E-state index in [2.05, 4.69) is 10.6 Å². The molecule has 0 unspecified atom stereocenters. The summed E-state index contributed by atoms with van der Waals surface area (Å²) in [6.45, 7) is 6.50. The van der Waals surface area contributed by atoms with Crippen LogP contribution in [0.3, 0.4) is 0 Å². The molecule has 0 bridgehead atoms. The Bertz CT molecular complexity index is 597. The normalized spacial score (nSPS) is 19.8. The van der Waals surface area contributed by atoms with E-state index >= 15 is 0 Å². The van der Waals surface area contributed by atoms with E-state index in [-0.39, 0.29) is 37.3 Å². The summed E-state index contributed by atoms with van der Waals surface area (Å²) in [5.41, 5.74) is 2.02. The molecule has 6 nitrogen and oxygen atoms in total. The summed E-state index contributed by atoms with van der Waals surface area (Å²) in [5.74, 6) is 1.18. The molecule has 0 saturated heterocycles. The summed E-state index contributed by atoms with van der Waals surface area (Å²) in [5, 5.41) is 15.4. The monoisotopic (exact) mass is 348 g/mol. The maximum Gasteiger partial charge on any atom is 0.223 e. The number of hydrogen-bond donors (Lipinski definition) is 3. The smallest absolute Gasteiger partial charge is 0.223 e. The van der Waals surface area contributed by atoms with E-state index in [9.17, 15) is 14.7 Å². The van der Waals surface area contributed by atoms with Crippen LogP contribution in [0.15, 0.2) is 18.2 Å². The number of nitrogens with one attached hydrogen (secondary N) is 2. The van der Waals surface area contributed by atoms with Gasteiger partial charge < -0.3 is 20.5 Å². The molecule has 3 atom stereocenters. The van der Waals surface area contributed by atoms with Crippen LogP contribution in [0.5, 0.6) is 5.75 Å². The third-order valence-electron chi connectivity index (χ3n) is 4.46. The quantitative estimate of drug-likeness (QED) is 0.628. The number of aryl methyl sites for hydroxylation is 2. The van der Waals surface area contributed by atoms with Gasteiger partial charge in [0.1, 0.15) is 18.5 Å². The second kappa shape index (κ2) is 8.85. The van der Waals surface area contributed by atoms with Crippen LogP contribution in [0.25, 0.3) is 0 Å². The highest BCUT2D eigenvalue weighted by atomic mass is 16.5. The molecular weight excluding hydrogens is 320 g/mol. The van der Waals surface area contributed by atoms with Crippen LogP contribution < -0.4 is 15.4 Å². The third kappa shape index (κ3) is 6.05. The van der Waals surface area contributed by atoms with E-state index in [1.165, 1.54) is 0 Å². The first-order valence-corrected chi connectivity index (χ1v) is 8.80. The van der Waals surface area contributed by atoms with Crippen molar-refractivity contribution in [1.82, 2.24) is 10.6 Å². The van der Waals surface area contributed by atoms with E-state index < -0.39 is 6.10 Å². The number of rotatable bonds is 9. The van der Waals surface area contributed by atoms with E-state index in [1.54, 1.807) is 0 Å². The summed E-state index contributed by atoms with van der Waals surface area (Å²) in [6.07, 6.45) is 0.354. The SMILES string of the molecule is Cc1cccc(C)c1OC[C@H](O)CNC(=O)CCNC(=O)[C@H]1C[C@@H]1C. The number of hydrogen-bond acceptors (Lipinski definition) is 4. The molecule has 1 aromatic carbocycles. The summed E-state index contributed by atoms with van der Waals surface area (Å²) in [4.78, 5) is 23.4. The van der Waals surface area contributed by atoms with Crippen molar-refractivity contribution in [3.8, 4) is 5.75 Å². The van der Waals surface area contributed by atoms with Crippen LogP contribution in [0, 0.1) is 25.7 Å². The van der Waals surface area contributed by atoms with Gasteiger partial charge in [-0.2, -0.15) is 0 Å². The Morgan fingerprint density at radius 3 is 2.52 bits per heavy atom. The lowest BCUT2D eigenvalue weighted by atomic mass is 10.1. The summed E-state index contributed by atoms with van der Waals surface area (Å²) in [7, 11) is 0. The highest BCUT2D eigenvalue weighted by molar-refractivity contribution is 5.82. The standard InChI is InChI=1S/C19H28N2O4/c1-12-5-4-6-13(2)18(12)25-11-15(22)10-21-17(23)7-8-20-19(24)16-9-14(16)3/h4-6,14-16,22H,7-11H2,1-3H3,(H,20,24)(H,21,23)/t14-,15+,16-/m0/s1. The number of amides is 2. The van der Waals surface area contributed by atoms with Crippen molar-refractivity contribution < 1.29 is 19.4 Å². The minimum atomic E-state index is -0.787. The van der Waals surface area contributed by atoms with E-state index in [0.29, 0.717) is 12.5 Å². The zero-order chi connectivity index (χ0) is 18.4. The zero-order valence-electron chi connectivity index (χ0n) is 15.2. The first kappa shape index (κ1) is 19.2. The molecular formula is C19H28N2O4. The van der Waals surface area contributed by atoms with Crippen LogP contribution in [-0.4, -0.2) is 42.7 Å². The lowest BCUT2D eigenvalue weighted by Crippen LogP contribution is -2.37. The number of aliphatic hydroxyl groups is 1. The fourth-order valence-electron chi connectivity index (χ4n) is 2.70. The van der Waals surface area contributed by atoms with Gasteiger partial charge in [0.2, 0.25) is 11.8 Å². The number of para-hydroxylation sites is 1. The Labute approximate surface area is 149 Å². The summed E-state index contributed by atoms with van der Waals surface area (Å²) in [6, 6.07) is 5.86. The molecule has 2 rings (SSSR count). The maximum absolute atomic E-state index is 11.7. The maximum atomic E-state index is 11.7. The minimum absolute atomic E-state index is 0.0299. The molecule has 1 saturated carbocycles. The first-order valence-electron chi connectivity index (χ1n) is 8.80. The molecule has 1 aromatic rings. The van der Waals surface area contributed by atoms with Crippen LogP contribution in [0.2, 0.25) is 0 Å². The molecule has 0 spiro atoms. The molecule has 138 valence electrons. The lowest BCUT2D eigenvalue weighted by Gasteiger charge is -2.16. The molecule has 0 radical (unpaired) electrons. The molecule has 25 heavy (non-hydrogen) atoms. The molecule has 1 aliphatic carbocycles. The van der Waals surface area contributed by atoms with Gasteiger partial charge in [-0.1, -0.05) is 25.1 Å². The van der Waals surface area contributed by atoms with Crippen molar-refractivity contribution in [2.75, 3.05) is 19.7 Å². The van der Waals surface area contributed by atoms with Crippen molar-refractivity contribution in [3.63, 3.8) is 0 Å². The van der Waals surface area contributed by atoms with E-state index in [4.69, 9.17) is 4.74 Å². The molecule has 0 aromatic heterocycles. The lowest BCUT2D eigenvalue weighted by molar-refractivity contribution is -0.123. The fourth-order valence-corrected chi connectivity index (χ4v) is 2.70. The van der Waals surface area contributed by atoms with Crippen LogP contribution in [-0.2, 0) is 9.59 Å². The first-order chi connectivity index (χ1) is 11.9. The molecule has 1 fully saturated rings. The molecule has 0 heterocycles. The molecule has 2 amide bonds. The van der Waals surface area contributed by atoms with Gasteiger partial charge in [-0.25, -0.2) is 0 Å². The summed E-state index contributed by atoms with van der Waals surface area (Å²) < 4.78 is 5.66. The van der Waals surface area contributed by atoms with Crippen molar-refractivity contribution in [1.29, 1.82) is 0 Å². The Morgan fingerprint density at radius 1 is 1.28 bits per heavy atom. The average molecular weight is 348 g/mol. The molecule has 3 N–H and O–H groups in total.